The number of nitrogens with zero attached hydrogens (tertiary/aromatic N) is 2. The molecule has 7 heteroatoms. The van der Waals surface area contributed by atoms with Gasteiger partial charge in [-0.25, -0.2) is 13.1 Å². The van der Waals surface area contributed by atoms with Crippen molar-refractivity contribution in [3.8, 4) is 0 Å². The van der Waals surface area contributed by atoms with Crippen LogP contribution < -0.4 is 4.72 Å². The Bertz CT molecular complexity index is 515. The molecule has 0 bridgehead atoms. The topological polar surface area (TPSA) is 78.1 Å². The van der Waals surface area contributed by atoms with Gasteiger partial charge in [-0.2, -0.15) is 5.10 Å². The first-order chi connectivity index (χ1) is 9.15. The molecule has 0 aliphatic rings. The highest BCUT2D eigenvalue weighted by molar-refractivity contribution is 7.89. The first-order valence-corrected chi connectivity index (χ1v) is 8.31. The molecule has 1 unspecified atom stereocenters. The summed E-state index contributed by atoms with van der Waals surface area (Å²) in [5, 5.41) is 6.64. The summed E-state index contributed by atoms with van der Waals surface area (Å²) in [6, 6.07) is 0.178. The lowest BCUT2D eigenvalue weighted by Crippen LogP contribution is -2.41. The molecule has 0 saturated carbocycles. The lowest BCUT2D eigenvalue weighted by Gasteiger charge is -2.26. The summed E-state index contributed by atoms with van der Waals surface area (Å²) in [6.45, 7) is 8.07. The fourth-order valence-electron chi connectivity index (χ4n) is 2.24. The Labute approximate surface area is 122 Å². The molecule has 1 atom stereocenters. The van der Waals surface area contributed by atoms with Crippen molar-refractivity contribution in [2.24, 2.45) is 5.92 Å². The van der Waals surface area contributed by atoms with E-state index in [2.05, 4.69) is 33.7 Å². The number of sulfonamides is 1. The van der Waals surface area contributed by atoms with E-state index in [1.807, 2.05) is 14.1 Å². The van der Waals surface area contributed by atoms with E-state index in [9.17, 15) is 8.42 Å². The molecule has 1 heterocycles. The van der Waals surface area contributed by atoms with E-state index in [4.69, 9.17) is 0 Å². The fraction of sp³-hybridized carbons (Fsp3) is 0.769. The van der Waals surface area contributed by atoms with Crippen LogP contribution in [0.1, 0.15) is 31.7 Å². The molecule has 0 aliphatic heterocycles. The van der Waals surface area contributed by atoms with Crippen LogP contribution in [-0.2, 0) is 10.0 Å². The number of likely N-dealkylation sites (N-methyl/N-ethyl adjacent to an activating group) is 1. The molecular weight excluding hydrogens is 276 g/mol. The minimum Gasteiger partial charge on any atom is -0.305 e. The van der Waals surface area contributed by atoms with Gasteiger partial charge in [0.05, 0.1) is 11.4 Å². The SMILES string of the molecule is Cc1n[nH]c(C)c1S(=O)(=O)NCC(CC(C)C)N(C)C. The van der Waals surface area contributed by atoms with E-state index in [-0.39, 0.29) is 10.9 Å². The third-order valence-corrected chi connectivity index (χ3v) is 5.00. The van der Waals surface area contributed by atoms with Crippen LogP contribution in [0.4, 0.5) is 0 Å². The number of aryl methyl sites for hydroxylation is 2. The van der Waals surface area contributed by atoms with Gasteiger partial charge in [0.15, 0.2) is 0 Å². The smallest absolute Gasteiger partial charge is 0.244 e. The van der Waals surface area contributed by atoms with E-state index in [1.54, 1.807) is 13.8 Å². The standard InChI is InChI=1S/C13H26N4O2S/c1-9(2)7-12(17(5)6)8-14-20(18,19)13-10(3)15-16-11(13)4/h9,12,14H,7-8H2,1-6H3,(H,15,16). The van der Waals surface area contributed by atoms with Gasteiger partial charge in [0.2, 0.25) is 10.0 Å². The van der Waals surface area contributed by atoms with Crippen LogP contribution in [0.5, 0.6) is 0 Å². The lowest BCUT2D eigenvalue weighted by molar-refractivity contribution is 0.255. The molecule has 116 valence electrons. The Balaban J connectivity index is 2.82. The average molecular weight is 302 g/mol. The largest absolute Gasteiger partial charge is 0.305 e. The number of rotatable bonds is 7. The normalized spacial score (nSPS) is 14.2. The van der Waals surface area contributed by atoms with E-state index in [0.717, 1.165) is 6.42 Å². The maximum Gasteiger partial charge on any atom is 0.244 e. The van der Waals surface area contributed by atoms with E-state index in [1.165, 1.54) is 0 Å². The van der Waals surface area contributed by atoms with E-state index in [0.29, 0.717) is 23.9 Å². The van der Waals surface area contributed by atoms with Crippen LogP contribution in [0.15, 0.2) is 4.90 Å². The van der Waals surface area contributed by atoms with Gasteiger partial charge in [-0.1, -0.05) is 13.8 Å². The Morgan fingerprint density at radius 2 is 1.90 bits per heavy atom. The second-order valence-electron chi connectivity index (χ2n) is 5.86. The van der Waals surface area contributed by atoms with Crippen LogP contribution >= 0.6 is 0 Å². The summed E-state index contributed by atoms with van der Waals surface area (Å²) < 4.78 is 27.4. The summed E-state index contributed by atoms with van der Waals surface area (Å²) in [5.41, 5.74) is 1.07. The molecule has 6 nitrogen and oxygen atoms in total. The molecule has 0 aliphatic carbocycles. The average Bonchev–Trinajstić information content (AvgIpc) is 2.64. The number of aromatic amines is 1. The minimum atomic E-state index is -3.51. The number of H-pyrrole nitrogens is 1. The number of nitrogens with one attached hydrogen (secondary N) is 2. The van der Waals surface area contributed by atoms with E-state index >= 15 is 0 Å². The molecule has 1 aromatic rings. The van der Waals surface area contributed by atoms with Crippen molar-refractivity contribution >= 4 is 10.0 Å². The Morgan fingerprint density at radius 1 is 1.30 bits per heavy atom. The first-order valence-electron chi connectivity index (χ1n) is 6.82. The zero-order valence-corrected chi connectivity index (χ0v) is 14.0. The Morgan fingerprint density at radius 3 is 2.30 bits per heavy atom. The maximum absolute atomic E-state index is 12.4. The minimum absolute atomic E-state index is 0.178. The van der Waals surface area contributed by atoms with E-state index < -0.39 is 10.0 Å². The van der Waals surface area contributed by atoms with Crippen molar-refractivity contribution in [1.82, 2.24) is 19.8 Å². The number of aromatic nitrogens is 2. The van der Waals surface area contributed by atoms with Gasteiger partial charge < -0.3 is 4.90 Å². The number of hydrogen-bond acceptors (Lipinski definition) is 4. The highest BCUT2D eigenvalue weighted by Crippen LogP contribution is 2.17. The van der Waals surface area contributed by atoms with Crippen molar-refractivity contribution < 1.29 is 8.42 Å². The van der Waals surface area contributed by atoms with Gasteiger partial charge in [-0.3, -0.25) is 5.10 Å². The molecule has 0 aromatic carbocycles. The third-order valence-electron chi connectivity index (χ3n) is 3.31. The molecule has 0 spiro atoms. The molecule has 1 aromatic heterocycles. The first kappa shape index (κ1) is 17.1. The highest BCUT2D eigenvalue weighted by atomic mass is 32.2. The Kier molecular flexibility index (Phi) is 5.73. The van der Waals surface area contributed by atoms with Crippen molar-refractivity contribution in [3.63, 3.8) is 0 Å². The quantitative estimate of drug-likeness (QED) is 0.795. The summed E-state index contributed by atoms with van der Waals surface area (Å²) in [5.74, 6) is 0.518. The van der Waals surface area contributed by atoms with Gasteiger partial charge in [0, 0.05) is 12.6 Å². The van der Waals surface area contributed by atoms with Crippen LogP contribution in [-0.4, -0.2) is 50.2 Å². The third kappa shape index (κ3) is 4.29. The molecule has 1 rings (SSSR count). The highest BCUT2D eigenvalue weighted by Gasteiger charge is 2.24. The van der Waals surface area contributed by atoms with Gasteiger partial charge in [0.1, 0.15) is 4.90 Å². The summed E-state index contributed by atoms with van der Waals surface area (Å²) in [6.07, 6.45) is 0.943. The lowest BCUT2D eigenvalue weighted by atomic mass is 10.0. The second-order valence-corrected chi connectivity index (χ2v) is 7.57. The predicted octanol–water partition coefficient (Wildman–Crippen LogP) is 1.28. The molecular formula is C13H26N4O2S. The zero-order valence-electron chi connectivity index (χ0n) is 13.2. The van der Waals surface area contributed by atoms with Crippen LogP contribution in [0.3, 0.4) is 0 Å². The molecule has 20 heavy (non-hydrogen) atoms. The number of hydrogen-bond donors (Lipinski definition) is 2. The maximum atomic E-state index is 12.4. The van der Waals surface area contributed by atoms with Gasteiger partial charge in [-0.05, 0) is 40.3 Å². The Hall–Kier alpha value is -0.920. The molecule has 0 radical (unpaired) electrons. The van der Waals surface area contributed by atoms with Crippen LogP contribution in [0.25, 0.3) is 0 Å². The fourth-order valence-corrected chi connectivity index (χ4v) is 3.67. The summed E-state index contributed by atoms with van der Waals surface area (Å²) in [4.78, 5) is 2.32. The molecule has 0 amide bonds. The van der Waals surface area contributed by atoms with Crippen molar-refractivity contribution in [2.45, 2.75) is 45.1 Å². The van der Waals surface area contributed by atoms with Gasteiger partial charge >= 0.3 is 0 Å². The molecule has 0 saturated heterocycles. The predicted molar refractivity (Wildman–Crippen MR) is 80.2 cm³/mol. The second kappa shape index (κ2) is 6.69. The monoisotopic (exact) mass is 302 g/mol. The van der Waals surface area contributed by atoms with Crippen LogP contribution in [0.2, 0.25) is 0 Å². The van der Waals surface area contributed by atoms with Crippen LogP contribution in [0, 0.1) is 19.8 Å². The van der Waals surface area contributed by atoms with Crippen molar-refractivity contribution in [1.29, 1.82) is 0 Å². The summed E-state index contributed by atoms with van der Waals surface area (Å²) >= 11 is 0. The van der Waals surface area contributed by atoms with Gasteiger partial charge in [-0.15, -0.1) is 0 Å². The van der Waals surface area contributed by atoms with Crippen molar-refractivity contribution in [2.75, 3.05) is 20.6 Å². The van der Waals surface area contributed by atoms with Crippen molar-refractivity contribution in [3.05, 3.63) is 11.4 Å². The zero-order chi connectivity index (χ0) is 15.5. The molecule has 0 fully saturated rings. The molecule has 2 N–H and O–H groups in total. The van der Waals surface area contributed by atoms with Gasteiger partial charge in [0.25, 0.3) is 0 Å². The summed E-state index contributed by atoms with van der Waals surface area (Å²) in [7, 11) is 0.423.